The van der Waals surface area contributed by atoms with E-state index in [1.807, 2.05) is 0 Å². The molecule has 8 nitrogen and oxygen atoms in total. The van der Waals surface area contributed by atoms with Crippen molar-refractivity contribution in [1.29, 1.82) is 0 Å². The topological polar surface area (TPSA) is 101 Å². The van der Waals surface area contributed by atoms with Crippen molar-refractivity contribution in [3.05, 3.63) is 0 Å². The molecule has 0 aromatic rings. The number of hydrogen-bond acceptors (Lipinski definition) is 8. The van der Waals surface area contributed by atoms with Crippen LogP contribution in [0.15, 0.2) is 0 Å². The summed E-state index contributed by atoms with van der Waals surface area (Å²) >= 11 is 0. The van der Waals surface area contributed by atoms with E-state index in [0.717, 1.165) is 0 Å². The number of ether oxygens (including phenoxy) is 5. The second-order valence-electron chi connectivity index (χ2n) is 3.96. The van der Waals surface area contributed by atoms with Gasteiger partial charge in [-0.15, -0.1) is 0 Å². The lowest BCUT2D eigenvalue weighted by atomic mass is 9.98. The van der Waals surface area contributed by atoms with Crippen molar-refractivity contribution in [1.82, 2.24) is 0 Å². The van der Waals surface area contributed by atoms with Gasteiger partial charge in [0.25, 0.3) is 12.9 Å². The molecule has 6 atom stereocenters. The molecule has 0 aromatic carbocycles. The summed E-state index contributed by atoms with van der Waals surface area (Å²) in [6, 6.07) is 0. The molecular formula is C10H14O8. The molecule has 102 valence electrons. The lowest BCUT2D eigenvalue weighted by Crippen LogP contribution is -2.63. The first-order valence-electron chi connectivity index (χ1n) is 5.46. The predicted octanol–water partition coefficient (Wildman–Crippen LogP) is -1.45. The standard InChI is InChI=1S/C10H14O8/c1-5-14-2-6-7(17-5)8(15-3-11)9(16-4-12)10(13)18-6/h3-10,13H,2H2,1H3/t5?,6-,7-,8+,9-,10-/m1/s1. The molecule has 2 heterocycles. The Kier molecular flexibility index (Phi) is 4.12. The molecule has 1 unspecified atom stereocenters. The summed E-state index contributed by atoms with van der Waals surface area (Å²) in [6.45, 7) is 2.23. The summed E-state index contributed by atoms with van der Waals surface area (Å²) < 4.78 is 25.4. The van der Waals surface area contributed by atoms with E-state index in [1.54, 1.807) is 6.92 Å². The Morgan fingerprint density at radius 3 is 2.50 bits per heavy atom. The number of aliphatic hydroxyl groups excluding tert-OH is 1. The molecule has 8 heteroatoms. The van der Waals surface area contributed by atoms with Crippen LogP contribution in [0.1, 0.15) is 6.92 Å². The van der Waals surface area contributed by atoms with Crippen LogP contribution in [0.3, 0.4) is 0 Å². The molecule has 0 aliphatic carbocycles. The van der Waals surface area contributed by atoms with Crippen molar-refractivity contribution in [3.8, 4) is 0 Å². The van der Waals surface area contributed by atoms with Crippen LogP contribution in [0.5, 0.6) is 0 Å². The van der Waals surface area contributed by atoms with Crippen LogP contribution in [0.2, 0.25) is 0 Å². The lowest BCUT2D eigenvalue weighted by Gasteiger charge is -2.45. The van der Waals surface area contributed by atoms with Crippen molar-refractivity contribution in [3.63, 3.8) is 0 Å². The van der Waals surface area contributed by atoms with Gasteiger partial charge in [-0.3, -0.25) is 9.59 Å². The highest BCUT2D eigenvalue weighted by atomic mass is 16.7. The Hall–Kier alpha value is -1.22. The number of aliphatic hydroxyl groups is 1. The minimum absolute atomic E-state index is 0.154. The summed E-state index contributed by atoms with van der Waals surface area (Å²) in [6.07, 6.45) is -5.21. The van der Waals surface area contributed by atoms with E-state index in [0.29, 0.717) is 0 Å². The molecule has 0 amide bonds. The van der Waals surface area contributed by atoms with Crippen molar-refractivity contribution >= 4 is 12.9 Å². The first-order valence-corrected chi connectivity index (χ1v) is 5.46. The van der Waals surface area contributed by atoms with E-state index in [2.05, 4.69) is 4.74 Å². The van der Waals surface area contributed by atoms with E-state index in [1.165, 1.54) is 0 Å². The quantitative estimate of drug-likeness (QED) is 0.614. The van der Waals surface area contributed by atoms with Gasteiger partial charge >= 0.3 is 0 Å². The Morgan fingerprint density at radius 2 is 1.83 bits per heavy atom. The van der Waals surface area contributed by atoms with Crippen molar-refractivity contribution < 1.29 is 38.4 Å². The average molecular weight is 262 g/mol. The van der Waals surface area contributed by atoms with Crippen LogP contribution in [-0.4, -0.2) is 61.7 Å². The van der Waals surface area contributed by atoms with Gasteiger partial charge in [-0.05, 0) is 6.92 Å². The highest BCUT2D eigenvalue weighted by Gasteiger charge is 2.51. The zero-order chi connectivity index (χ0) is 13.1. The molecule has 2 saturated heterocycles. The van der Waals surface area contributed by atoms with Gasteiger partial charge in [-0.2, -0.15) is 0 Å². The minimum atomic E-state index is -1.40. The molecule has 1 N–H and O–H groups in total. The monoisotopic (exact) mass is 262 g/mol. The zero-order valence-electron chi connectivity index (χ0n) is 9.63. The number of carbonyl (C=O) groups excluding carboxylic acids is 2. The van der Waals surface area contributed by atoms with E-state index < -0.39 is 37.0 Å². The van der Waals surface area contributed by atoms with Gasteiger partial charge < -0.3 is 28.8 Å². The molecule has 18 heavy (non-hydrogen) atoms. The SMILES string of the molecule is CC1OC[C@H]2O[C@@H](O)[C@H](OC=O)[C@@H](OC=O)[C@@H]2O1. The van der Waals surface area contributed by atoms with Gasteiger partial charge in [-0.25, -0.2) is 0 Å². The highest BCUT2D eigenvalue weighted by molar-refractivity contribution is 5.40. The smallest absolute Gasteiger partial charge is 0.293 e. The number of hydrogen-bond donors (Lipinski definition) is 1. The maximum absolute atomic E-state index is 10.5. The zero-order valence-corrected chi connectivity index (χ0v) is 9.63. The molecule has 2 aliphatic heterocycles. The highest BCUT2D eigenvalue weighted by Crippen LogP contribution is 2.30. The van der Waals surface area contributed by atoms with Crippen LogP contribution < -0.4 is 0 Å². The summed E-state index contributed by atoms with van der Waals surface area (Å²) in [7, 11) is 0. The average Bonchev–Trinajstić information content (AvgIpc) is 2.35. The molecule has 0 bridgehead atoms. The molecule has 2 rings (SSSR count). The lowest BCUT2D eigenvalue weighted by molar-refractivity contribution is -0.348. The minimum Gasteiger partial charge on any atom is -0.457 e. The largest absolute Gasteiger partial charge is 0.457 e. The van der Waals surface area contributed by atoms with Crippen molar-refractivity contribution in [2.45, 2.75) is 43.9 Å². The third-order valence-electron chi connectivity index (χ3n) is 2.88. The van der Waals surface area contributed by atoms with Gasteiger partial charge in [0.05, 0.1) is 6.61 Å². The Labute approximate surface area is 103 Å². The van der Waals surface area contributed by atoms with E-state index in [4.69, 9.17) is 18.9 Å². The molecule has 2 aliphatic rings. The fourth-order valence-electron chi connectivity index (χ4n) is 2.11. The predicted molar refractivity (Wildman–Crippen MR) is 53.0 cm³/mol. The second kappa shape index (κ2) is 5.61. The molecule has 0 radical (unpaired) electrons. The molecular weight excluding hydrogens is 248 g/mol. The van der Waals surface area contributed by atoms with E-state index in [9.17, 15) is 14.7 Å². The van der Waals surface area contributed by atoms with Crippen molar-refractivity contribution in [2.75, 3.05) is 6.61 Å². The van der Waals surface area contributed by atoms with Crippen LogP contribution in [0.4, 0.5) is 0 Å². The van der Waals surface area contributed by atoms with Gasteiger partial charge in [0, 0.05) is 0 Å². The van der Waals surface area contributed by atoms with Crippen LogP contribution in [0, 0.1) is 0 Å². The molecule has 2 fully saturated rings. The summed E-state index contributed by atoms with van der Waals surface area (Å²) in [5, 5.41) is 9.69. The number of carbonyl (C=O) groups is 2. The van der Waals surface area contributed by atoms with Gasteiger partial charge in [-0.1, -0.05) is 0 Å². The number of rotatable bonds is 4. The molecule has 0 saturated carbocycles. The Bertz CT molecular complexity index is 308. The third-order valence-corrected chi connectivity index (χ3v) is 2.88. The summed E-state index contributed by atoms with van der Waals surface area (Å²) in [5.41, 5.74) is 0. The van der Waals surface area contributed by atoms with Crippen LogP contribution >= 0.6 is 0 Å². The fourth-order valence-corrected chi connectivity index (χ4v) is 2.11. The summed E-state index contributed by atoms with van der Waals surface area (Å²) in [5.74, 6) is 0. The Morgan fingerprint density at radius 1 is 1.17 bits per heavy atom. The van der Waals surface area contributed by atoms with Crippen LogP contribution in [-0.2, 0) is 33.3 Å². The van der Waals surface area contributed by atoms with Gasteiger partial charge in [0.1, 0.15) is 12.2 Å². The molecule has 0 aromatic heterocycles. The number of fused-ring (bicyclic) bond motifs is 1. The van der Waals surface area contributed by atoms with Crippen molar-refractivity contribution in [2.24, 2.45) is 0 Å². The normalized spacial score (nSPS) is 43.7. The summed E-state index contributed by atoms with van der Waals surface area (Å²) in [4.78, 5) is 20.9. The maximum Gasteiger partial charge on any atom is 0.293 e. The molecule has 0 spiro atoms. The van der Waals surface area contributed by atoms with Gasteiger partial charge in [0.2, 0.25) is 0 Å². The first-order chi connectivity index (χ1) is 8.67. The van der Waals surface area contributed by atoms with E-state index >= 15 is 0 Å². The third kappa shape index (κ3) is 2.46. The fraction of sp³-hybridized carbons (Fsp3) is 0.800. The maximum atomic E-state index is 10.5. The van der Waals surface area contributed by atoms with E-state index in [-0.39, 0.29) is 19.6 Å². The van der Waals surface area contributed by atoms with Gasteiger partial charge in [0.15, 0.2) is 24.8 Å². The van der Waals surface area contributed by atoms with Crippen LogP contribution in [0.25, 0.3) is 0 Å². The first kappa shape index (κ1) is 13.2. The second-order valence-corrected chi connectivity index (χ2v) is 3.96. The Balaban J connectivity index is 2.17.